The molecule has 2 N–H and O–H groups in total. The van der Waals surface area contributed by atoms with Crippen LogP contribution in [0, 0.1) is 0 Å². The van der Waals surface area contributed by atoms with E-state index in [4.69, 9.17) is 10.5 Å². The molecule has 0 aliphatic heterocycles. The van der Waals surface area contributed by atoms with Crippen LogP contribution in [0.2, 0.25) is 0 Å². The van der Waals surface area contributed by atoms with Crippen LogP contribution in [0.25, 0.3) is 0 Å². The number of nitrogens with two attached hydrogens (primary N) is 1. The minimum Gasteiger partial charge on any atom is -0.464 e. The Bertz CT molecular complexity index is 1160. The molecule has 1 aliphatic rings. The van der Waals surface area contributed by atoms with Gasteiger partial charge in [-0.3, -0.25) is 28.9 Å². The number of ether oxygens (including phenoxy) is 1. The topological polar surface area (TPSA) is 153 Å². The van der Waals surface area contributed by atoms with E-state index in [2.05, 4.69) is 10.2 Å². The van der Waals surface area contributed by atoms with Crippen molar-refractivity contribution in [3.63, 3.8) is 0 Å². The molecule has 0 fully saturated rings. The van der Waals surface area contributed by atoms with Gasteiger partial charge in [0.1, 0.15) is 6.61 Å². The molecule has 11 heteroatoms. The first kappa shape index (κ1) is 23.5. The highest BCUT2D eigenvalue weighted by Crippen LogP contribution is 2.34. The number of nitrogens with zero attached hydrogens (tertiary/aromatic N) is 4. The van der Waals surface area contributed by atoms with Gasteiger partial charge in [0, 0.05) is 45.0 Å². The van der Waals surface area contributed by atoms with Gasteiger partial charge in [-0.25, -0.2) is 0 Å². The molecule has 0 saturated carbocycles. The van der Waals surface area contributed by atoms with Gasteiger partial charge in [0.25, 0.3) is 0 Å². The van der Waals surface area contributed by atoms with Crippen molar-refractivity contribution in [2.75, 3.05) is 36.9 Å². The average molecular weight is 453 g/mol. The monoisotopic (exact) mass is 453 g/mol. The third kappa shape index (κ3) is 4.71. The maximum Gasteiger partial charge on any atom is 0.302 e. The summed E-state index contributed by atoms with van der Waals surface area (Å²) >= 11 is 0. The Labute approximate surface area is 189 Å². The molecule has 1 aromatic heterocycles. The lowest BCUT2D eigenvalue weighted by atomic mass is 9.84. The molecule has 33 heavy (non-hydrogen) atoms. The van der Waals surface area contributed by atoms with Gasteiger partial charge >= 0.3 is 5.97 Å². The quantitative estimate of drug-likeness (QED) is 0.507. The van der Waals surface area contributed by atoms with E-state index in [1.165, 1.54) is 42.7 Å². The lowest BCUT2D eigenvalue weighted by Crippen LogP contribution is -2.42. The standard InChI is InChI=1S/C22H23N5O6/c1-12(28)26(10-11-33-14(3)30)8-9-27(13(2)29)22-18-17(21(23)24-25-22)19(31)15-6-4-5-7-16(15)20(18)32/h4-7H,8-11H2,1-3H3,(H2,23,24). The van der Waals surface area contributed by atoms with Crippen molar-refractivity contribution < 1.29 is 28.7 Å². The second-order valence-electron chi connectivity index (χ2n) is 7.38. The number of rotatable bonds is 7. The van der Waals surface area contributed by atoms with Gasteiger partial charge in [0.2, 0.25) is 11.8 Å². The molecule has 0 saturated heterocycles. The zero-order chi connectivity index (χ0) is 24.3. The Kier molecular flexibility index (Phi) is 6.80. The molecule has 172 valence electrons. The van der Waals surface area contributed by atoms with Gasteiger partial charge in [-0.15, -0.1) is 10.2 Å². The van der Waals surface area contributed by atoms with Crippen LogP contribution < -0.4 is 10.6 Å². The lowest BCUT2D eigenvalue weighted by Gasteiger charge is -2.28. The summed E-state index contributed by atoms with van der Waals surface area (Å²) in [7, 11) is 0. The number of esters is 1. The zero-order valence-corrected chi connectivity index (χ0v) is 18.5. The van der Waals surface area contributed by atoms with Crippen LogP contribution in [0.15, 0.2) is 24.3 Å². The molecular weight excluding hydrogens is 430 g/mol. The van der Waals surface area contributed by atoms with E-state index in [0.717, 1.165) is 0 Å². The highest BCUT2D eigenvalue weighted by atomic mass is 16.5. The maximum absolute atomic E-state index is 13.3. The number of hydrogen-bond donors (Lipinski definition) is 1. The van der Waals surface area contributed by atoms with E-state index < -0.39 is 23.4 Å². The Morgan fingerprint density at radius 2 is 1.48 bits per heavy atom. The van der Waals surface area contributed by atoms with Crippen molar-refractivity contribution in [1.29, 1.82) is 0 Å². The summed E-state index contributed by atoms with van der Waals surface area (Å²) < 4.78 is 4.88. The largest absolute Gasteiger partial charge is 0.464 e. The van der Waals surface area contributed by atoms with Gasteiger partial charge in [-0.2, -0.15) is 0 Å². The summed E-state index contributed by atoms with van der Waals surface area (Å²) in [4.78, 5) is 64.3. The lowest BCUT2D eigenvalue weighted by molar-refractivity contribution is -0.143. The number of hydrogen-bond acceptors (Lipinski definition) is 9. The van der Waals surface area contributed by atoms with Crippen molar-refractivity contribution in [1.82, 2.24) is 15.1 Å². The molecule has 2 aromatic rings. The van der Waals surface area contributed by atoms with E-state index in [-0.39, 0.29) is 66.0 Å². The van der Waals surface area contributed by atoms with E-state index >= 15 is 0 Å². The number of amides is 2. The molecule has 11 nitrogen and oxygen atoms in total. The predicted octanol–water partition coefficient (Wildman–Crippen LogP) is 0.599. The maximum atomic E-state index is 13.3. The number of carbonyl (C=O) groups is 5. The van der Waals surface area contributed by atoms with Gasteiger partial charge in [-0.05, 0) is 0 Å². The summed E-state index contributed by atoms with van der Waals surface area (Å²) in [5.74, 6) is -2.54. The summed E-state index contributed by atoms with van der Waals surface area (Å²) in [5, 5.41) is 7.77. The normalized spacial score (nSPS) is 12.0. The third-order valence-electron chi connectivity index (χ3n) is 5.19. The summed E-state index contributed by atoms with van der Waals surface area (Å²) in [6.07, 6.45) is 0. The van der Waals surface area contributed by atoms with Crippen molar-refractivity contribution >= 4 is 41.0 Å². The first-order chi connectivity index (χ1) is 15.6. The fourth-order valence-electron chi connectivity index (χ4n) is 3.58. The molecular formula is C22H23N5O6. The highest BCUT2D eigenvalue weighted by molar-refractivity contribution is 6.31. The van der Waals surface area contributed by atoms with Crippen LogP contribution in [0.5, 0.6) is 0 Å². The van der Waals surface area contributed by atoms with Crippen molar-refractivity contribution in [2.24, 2.45) is 0 Å². The Hall–Kier alpha value is -4.15. The molecule has 0 spiro atoms. The van der Waals surface area contributed by atoms with Gasteiger partial charge in [0.05, 0.1) is 17.7 Å². The Balaban J connectivity index is 1.96. The molecule has 2 amide bonds. The van der Waals surface area contributed by atoms with Crippen LogP contribution in [0.3, 0.4) is 0 Å². The van der Waals surface area contributed by atoms with Crippen molar-refractivity contribution in [3.05, 3.63) is 46.5 Å². The molecule has 0 unspecified atom stereocenters. The summed E-state index contributed by atoms with van der Waals surface area (Å²) in [6.45, 7) is 4.01. The van der Waals surface area contributed by atoms with Crippen LogP contribution in [0.1, 0.15) is 52.6 Å². The first-order valence-electron chi connectivity index (χ1n) is 10.1. The van der Waals surface area contributed by atoms with Crippen molar-refractivity contribution in [2.45, 2.75) is 20.8 Å². The molecule has 3 rings (SSSR count). The smallest absolute Gasteiger partial charge is 0.302 e. The molecule has 1 aromatic carbocycles. The van der Waals surface area contributed by atoms with Crippen LogP contribution >= 0.6 is 0 Å². The van der Waals surface area contributed by atoms with E-state index in [1.807, 2.05) is 0 Å². The summed E-state index contributed by atoms with van der Waals surface area (Å²) in [6, 6.07) is 6.30. The van der Waals surface area contributed by atoms with Gasteiger partial charge < -0.3 is 15.4 Å². The zero-order valence-electron chi connectivity index (χ0n) is 18.5. The molecule has 0 atom stereocenters. The van der Waals surface area contributed by atoms with Gasteiger partial charge in [0.15, 0.2) is 23.2 Å². The molecule has 1 aliphatic carbocycles. The van der Waals surface area contributed by atoms with Crippen LogP contribution in [-0.2, 0) is 19.1 Å². The van der Waals surface area contributed by atoms with E-state index in [1.54, 1.807) is 12.1 Å². The fourth-order valence-corrected chi connectivity index (χ4v) is 3.58. The van der Waals surface area contributed by atoms with Gasteiger partial charge in [-0.1, -0.05) is 24.3 Å². The number of anilines is 2. The number of nitrogen functional groups attached to an aromatic ring is 1. The number of ketones is 2. The van der Waals surface area contributed by atoms with E-state index in [9.17, 15) is 24.0 Å². The second-order valence-corrected chi connectivity index (χ2v) is 7.38. The molecule has 0 radical (unpaired) electrons. The number of benzene rings is 1. The predicted molar refractivity (Wildman–Crippen MR) is 117 cm³/mol. The average Bonchev–Trinajstić information content (AvgIpc) is 2.76. The first-order valence-corrected chi connectivity index (χ1v) is 10.1. The number of fused-ring (bicyclic) bond motifs is 2. The Morgan fingerprint density at radius 3 is 2.03 bits per heavy atom. The second kappa shape index (κ2) is 9.55. The minimum absolute atomic E-state index is 0.00414. The Morgan fingerprint density at radius 1 is 0.879 bits per heavy atom. The number of carbonyl (C=O) groups excluding carboxylic acids is 5. The van der Waals surface area contributed by atoms with Crippen LogP contribution in [-0.4, -0.2) is 70.7 Å². The van der Waals surface area contributed by atoms with E-state index in [0.29, 0.717) is 0 Å². The number of aromatic nitrogens is 2. The van der Waals surface area contributed by atoms with Crippen molar-refractivity contribution in [3.8, 4) is 0 Å². The minimum atomic E-state index is -0.499. The fraction of sp³-hybridized carbons (Fsp3) is 0.318. The van der Waals surface area contributed by atoms with Crippen LogP contribution in [0.4, 0.5) is 11.6 Å². The summed E-state index contributed by atoms with van der Waals surface area (Å²) in [5.41, 5.74) is 6.07. The third-order valence-corrected chi connectivity index (χ3v) is 5.19. The molecule has 0 bridgehead atoms. The molecule has 1 heterocycles. The SMILES string of the molecule is CC(=O)OCCN(CCN(C(C)=O)c1nnc(N)c2c1C(=O)c1ccccc1C2=O)C(C)=O. The highest BCUT2D eigenvalue weighted by Gasteiger charge is 2.37.